The molecular formula is C17H23FN6O2S. The van der Waals surface area contributed by atoms with Crippen LogP contribution in [0.5, 0.6) is 0 Å². The van der Waals surface area contributed by atoms with Crippen LogP contribution in [0.25, 0.3) is 11.4 Å². The van der Waals surface area contributed by atoms with E-state index in [1.165, 1.54) is 11.0 Å². The lowest BCUT2D eigenvalue weighted by Crippen LogP contribution is -2.41. The molecule has 0 aliphatic carbocycles. The van der Waals surface area contributed by atoms with Gasteiger partial charge in [0.15, 0.2) is 5.82 Å². The van der Waals surface area contributed by atoms with Crippen LogP contribution in [0.2, 0.25) is 0 Å². The Morgan fingerprint density at radius 1 is 1.19 bits per heavy atom. The van der Waals surface area contributed by atoms with Crippen molar-refractivity contribution in [3.05, 3.63) is 30.1 Å². The van der Waals surface area contributed by atoms with Crippen molar-refractivity contribution in [3.8, 4) is 11.4 Å². The number of nitrogens with two attached hydrogens (primary N) is 1. The summed E-state index contributed by atoms with van der Waals surface area (Å²) in [6.07, 6.45) is 0. The van der Waals surface area contributed by atoms with Gasteiger partial charge in [-0.25, -0.2) is 9.07 Å². The normalized spacial score (nSPS) is 10.7. The quantitative estimate of drug-likeness (QED) is 0.534. The first kappa shape index (κ1) is 20.7. The third kappa shape index (κ3) is 4.97. The molecule has 1 aromatic heterocycles. The SMILES string of the molecule is CCN(CC)C(=O)CN(C)C(=O)CSc1nnc(-c2ccccc2F)n1N. The molecule has 0 aliphatic heterocycles. The van der Waals surface area contributed by atoms with Crippen LogP contribution < -0.4 is 5.84 Å². The van der Waals surface area contributed by atoms with Gasteiger partial charge in [-0.15, -0.1) is 10.2 Å². The lowest BCUT2D eigenvalue weighted by Gasteiger charge is -2.23. The maximum Gasteiger partial charge on any atom is 0.242 e. The van der Waals surface area contributed by atoms with Gasteiger partial charge in [-0.05, 0) is 26.0 Å². The Morgan fingerprint density at radius 3 is 2.48 bits per heavy atom. The number of hydrogen-bond acceptors (Lipinski definition) is 6. The minimum absolute atomic E-state index is 0.0108. The number of carbonyl (C=O) groups excluding carboxylic acids is 2. The van der Waals surface area contributed by atoms with Crippen molar-refractivity contribution < 1.29 is 14.0 Å². The van der Waals surface area contributed by atoms with Crippen molar-refractivity contribution in [2.75, 3.05) is 38.3 Å². The average Bonchev–Trinajstić information content (AvgIpc) is 3.01. The summed E-state index contributed by atoms with van der Waals surface area (Å²) in [7, 11) is 1.57. The van der Waals surface area contributed by atoms with Gasteiger partial charge in [-0.3, -0.25) is 9.59 Å². The smallest absolute Gasteiger partial charge is 0.242 e. The van der Waals surface area contributed by atoms with Crippen LogP contribution in [-0.2, 0) is 9.59 Å². The minimum Gasteiger partial charge on any atom is -0.342 e. The number of benzene rings is 1. The second kappa shape index (κ2) is 9.36. The summed E-state index contributed by atoms with van der Waals surface area (Å²) < 4.78 is 15.0. The first-order chi connectivity index (χ1) is 12.9. The summed E-state index contributed by atoms with van der Waals surface area (Å²) in [5.74, 6) is 5.35. The van der Waals surface area contributed by atoms with Crippen LogP contribution in [-0.4, -0.2) is 68.9 Å². The monoisotopic (exact) mass is 394 g/mol. The van der Waals surface area contributed by atoms with E-state index in [0.29, 0.717) is 13.1 Å². The Hall–Kier alpha value is -2.62. The zero-order valence-electron chi connectivity index (χ0n) is 15.6. The average molecular weight is 394 g/mol. The highest BCUT2D eigenvalue weighted by Gasteiger charge is 2.19. The molecule has 0 atom stereocenters. The molecule has 2 aromatic rings. The fraction of sp³-hybridized carbons (Fsp3) is 0.412. The third-order valence-corrected chi connectivity index (χ3v) is 4.95. The molecular weight excluding hydrogens is 371 g/mol. The van der Waals surface area contributed by atoms with Crippen molar-refractivity contribution in [1.29, 1.82) is 0 Å². The van der Waals surface area contributed by atoms with E-state index in [-0.39, 0.29) is 40.7 Å². The molecule has 2 rings (SSSR count). The summed E-state index contributed by atoms with van der Waals surface area (Å²) in [4.78, 5) is 27.4. The van der Waals surface area contributed by atoms with Crippen LogP contribution in [0.1, 0.15) is 13.8 Å². The number of nitrogens with zero attached hydrogens (tertiary/aromatic N) is 5. The second-order valence-corrected chi connectivity index (χ2v) is 6.70. The van der Waals surface area contributed by atoms with Gasteiger partial charge < -0.3 is 15.6 Å². The molecule has 2 N–H and O–H groups in total. The first-order valence-electron chi connectivity index (χ1n) is 8.48. The fourth-order valence-electron chi connectivity index (χ4n) is 2.41. The number of amides is 2. The van der Waals surface area contributed by atoms with Gasteiger partial charge in [0.2, 0.25) is 17.0 Å². The zero-order chi connectivity index (χ0) is 20.0. The van der Waals surface area contributed by atoms with Gasteiger partial charge in [0.25, 0.3) is 0 Å². The van der Waals surface area contributed by atoms with E-state index in [9.17, 15) is 14.0 Å². The summed E-state index contributed by atoms with van der Waals surface area (Å²) in [6.45, 7) is 4.99. The molecule has 0 fully saturated rings. The molecule has 0 saturated carbocycles. The van der Waals surface area contributed by atoms with E-state index >= 15 is 0 Å². The van der Waals surface area contributed by atoms with Crippen LogP contribution in [0, 0.1) is 5.82 Å². The van der Waals surface area contributed by atoms with Gasteiger partial charge in [0, 0.05) is 20.1 Å². The highest BCUT2D eigenvalue weighted by molar-refractivity contribution is 7.99. The van der Waals surface area contributed by atoms with E-state index in [1.54, 1.807) is 30.1 Å². The molecule has 10 heteroatoms. The van der Waals surface area contributed by atoms with E-state index in [2.05, 4.69) is 10.2 Å². The Labute approximate surface area is 161 Å². The van der Waals surface area contributed by atoms with E-state index in [0.717, 1.165) is 16.4 Å². The van der Waals surface area contributed by atoms with Crippen molar-refractivity contribution in [1.82, 2.24) is 24.7 Å². The Bertz CT molecular complexity index is 808. The van der Waals surface area contributed by atoms with Crippen LogP contribution in [0.4, 0.5) is 4.39 Å². The summed E-state index contributed by atoms with van der Waals surface area (Å²) in [6, 6.07) is 6.10. The van der Waals surface area contributed by atoms with Gasteiger partial charge in [0.1, 0.15) is 5.82 Å². The molecule has 0 spiro atoms. The first-order valence-corrected chi connectivity index (χ1v) is 9.47. The molecule has 1 aromatic carbocycles. The third-order valence-electron chi connectivity index (χ3n) is 4.02. The molecule has 1 heterocycles. The molecule has 0 saturated heterocycles. The molecule has 27 heavy (non-hydrogen) atoms. The number of hydrogen-bond donors (Lipinski definition) is 1. The number of likely N-dealkylation sites (N-methyl/N-ethyl adjacent to an activating group) is 2. The Balaban J connectivity index is 1.98. The summed E-state index contributed by atoms with van der Waals surface area (Å²) in [5, 5.41) is 8.11. The van der Waals surface area contributed by atoms with Crippen LogP contribution >= 0.6 is 11.8 Å². The molecule has 8 nitrogen and oxygen atoms in total. The van der Waals surface area contributed by atoms with E-state index in [4.69, 9.17) is 5.84 Å². The van der Waals surface area contributed by atoms with Crippen molar-refractivity contribution in [2.45, 2.75) is 19.0 Å². The molecule has 146 valence electrons. The molecule has 2 amide bonds. The van der Waals surface area contributed by atoms with Gasteiger partial charge in [-0.2, -0.15) is 0 Å². The van der Waals surface area contributed by atoms with E-state index in [1.807, 2.05) is 13.8 Å². The molecule has 0 bridgehead atoms. The Kier molecular flexibility index (Phi) is 7.17. The second-order valence-electron chi connectivity index (χ2n) is 5.76. The van der Waals surface area contributed by atoms with Crippen molar-refractivity contribution in [3.63, 3.8) is 0 Å². The van der Waals surface area contributed by atoms with Gasteiger partial charge >= 0.3 is 0 Å². The fourth-order valence-corrected chi connectivity index (χ4v) is 3.20. The van der Waals surface area contributed by atoms with Crippen molar-refractivity contribution in [2.24, 2.45) is 0 Å². The summed E-state index contributed by atoms with van der Waals surface area (Å²) >= 11 is 1.08. The van der Waals surface area contributed by atoms with Crippen LogP contribution in [0.3, 0.4) is 0 Å². The van der Waals surface area contributed by atoms with Gasteiger partial charge in [-0.1, -0.05) is 23.9 Å². The molecule has 0 radical (unpaired) electrons. The number of halogens is 1. The van der Waals surface area contributed by atoms with Gasteiger partial charge in [0.05, 0.1) is 17.9 Å². The number of rotatable bonds is 8. The predicted molar refractivity (Wildman–Crippen MR) is 102 cm³/mol. The lowest BCUT2D eigenvalue weighted by molar-refractivity contribution is -0.137. The largest absolute Gasteiger partial charge is 0.342 e. The van der Waals surface area contributed by atoms with E-state index < -0.39 is 5.82 Å². The predicted octanol–water partition coefficient (Wildman–Crippen LogP) is 1.22. The zero-order valence-corrected chi connectivity index (χ0v) is 16.4. The lowest BCUT2D eigenvalue weighted by atomic mass is 10.2. The highest BCUT2D eigenvalue weighted by atomic mass is 32.2. The topological polar surface area (TPSA) is 97.4 Å². The Morgan fingerprint density at radius 2 is 1.85 bits per heavy atom. The number of thioether (sulfide) groups is 1. The van der Waals surface area contributed by atoms with Crippen molar-refractivity contribution >= 4 is 23.6 Å². The summed E-state index contributed by atoms with van der Waals surface area (Å²) in [5.41, 5.74) is 0.229. The number of aromatic nitrogens is 3. The molecule has 0 aliphatic rings. The number of nitrogen functional groups attached to an aromatic ring is 1. The maximum absolute atomic E-state index is 13.9. The highest BCUT2D eigenvalue weighted by Crippen LogP contribution is 2.23. The number of carbonyl (C=O) groups is 2. The molecule has 0 unspecified atom stereocenters. The standard InChI is InChI=1S/C17H23FN6O2S/c1-4-23(5-2)14(25)10-22(3)15(26)11-27-17-21-20-16(24(17)19)12-8-6-7-9-13(12)18/h6-9H,4-5,10-11,19H2,1-3H3. The maximum atomic E-state index is 13.9. The minimum atomic E-state index is -0.459. The van der Waals surface area contributed by atoms with Crippen LogP contribution in [0.15, 0.2) is 29.4 Å².